The van der Waals surface area contributed by atoms with Crippen LogP contribution in [-0.2, 0) is 14.8 Å². The van der Waals surface area contributed by atoms with E-state index in [9.17, 15) is 18.0 Å². The van der Waals surface area contributed by atoms with Gasteiger partial charge in [-0.3, -0.25) is 14.3 Å². The third-order valence-corrected chi connectivity index (χ3v) is 6.56. The smallest absolute Gasteiger partial charge is 0.261 e. The topological polar surface area (TPSA) is 105 Å². The molecule has 3 aromatic rings. The maximum Gasteiger partial charge on any atom is 0.261 e. The van der Waals surface area contributed by atoms with E-state index in [1.165, 1.54) is 29.2 Å². The minimum atomic E-state index is -3.79. The van der Waals surface area contributed by atoms with Crippen LogP contribution in [0.15, 0.2) is 71.6 Å². The molecule has 2 N–H and O–H groups in total. The molecule has 0 saturated heterocycles. The van der Waals surface area contributed by atoms with Crippen molar-refractivity contribution in [3.05, 3.63) is 83.4 Å². The first-order valence-corrected chi connectivity index (χ1v) is 12.0. The second-order valence-corrected chi connectivity index (χ2v) is 9.67. The van der Waals surface area contributed by atoms with E-state index in [-0.39, 0.29) is 23.3 Å². The molecule has 3 aromatic carbocycles. The number of nitrogens with zero attached hydrogens (tertiary/aromatic N) is 1. The first kappa shape index (κ1) is 24.8. The third-order valence-electron chi connectivity index (χ3n) is 5.16. The zero-order chi connectivity index (χ0) is 24.9. The zero-order valence-corrected chi connectivity index (χ0v) is 20.3. The largest absolute Gasteiger partial charge is 0.484 e. The van der Waals surface area contributed by atoms with Crippen LogP contribution in [0.25, 0.3) is 0 Å². The summed E-state index contributed by atoms with van der Waals surface area (Å²) in [6.45, 7) is 3.79. The molecule has 0 aliphatic heterocycles. The van der Waals surface area contributed by atoms with E-state index in [4.69, 9.17) is 4.74 Å². The molecule has 0 saturated carbocycles. The summed E-state index contributed by atoms with van der Waals surface area (Å²) in [5.74, 6) is -0.0476. The van der Waals surface area contributed by atoms with Gasteiger partial charge in [-0.05, 0) is 85.6 Å². The number of likely N-dealkylation sites (N-methyl/N-ethyl adjacent to an activating group) is 1. The van der Waals surface area contributed by atoms with Crippen molar-refractivity contribution in [3.63, 3.8) is 0 Å². The van der Waals surface area contributed by atoms with Gasteiger partial charge in [0.05, 0.1) is 4.90 Å². The lowest BCUT2D eigenvalue weighted by Gasteiger charge is -2.12. The predicted molar refractivity (Wildman–Crippen MR) is 132 cm³/mol. The Kier molecular flexibility index (Phi) is 7.57. The Labute approximate surface area is 199 Å². The molecule has 0 aliphatic carbocycles. The molecule has 0 bridgehead atoms. The average molecular weight is 482 g/mol. The zero-order valence-electron chi connectivity index (χ0n) is 19.5. The standard InChI is InChI=1S/C25H27N3O5S/c1-17-5-8-21(15-18(17)2)27-34(31,32)23-13-6-19(7-14-23)25(30)26-20-9-11-22(12-10-20)33-16-24(29)28(3)4/h5-15,27H,16H2,1-4H3,(H,26,30). The normalized spacial score (nSPS) is 10.9. The lowest BCUT2D eigenvalue weighted by Crippen LogP contribution is -2.27. The van der Waals surface area contributed by atoms with Crippen molar-refractivity contribution in [2.45, 2.75) is 18.7 Å². The number of amides is 2. The van der Waals surface area contributed by atoms with Crippen LogP contribution in [0.5, 0.6) is 5.75 Å². The maximum atomic E-state index is 12.7. The van der Waals surface area contributed by atoms with Crippen molar-refractivity contribution in [1.82, 2.24) is 4.90 Å². The quantitative estimate of drug-likeness (QED) is 0.509. The highest BCUT2D eigenvalue weighted by Gasteiger charge is 2.16. The molecule has 9 heteroatoms. The Morgan fingerprint density at radius 1 is 0.853 bits per heavy atom. The molecule has 0 heterocycles. The molecule has 2 amide bonds. The van der Waals surface area contributed by atoms with Crippen molar-refractivity contribution < 1.29 is 22.7 Å². The number of carbonyl (C=O) groups excluding carboxylic acids is 2. The summed E-state index contributed by atoms with van der Waals surface area (Å²) in [4.78, 5) is 25.6. The van der Waals surface area contributed by atoms with Crippen LogP contribution in [0.4, 0.5) is 11.4 Å². The number of anilines is 2. The van der Waals surface area contributed by atoms with Gasteiger partial charge in [-0.2, -0.15) is 0 Å². The second-order valence-electron chi connectivity index (χ2n) is 7.98. The molecule has 8 nitrogen and oxygen atoms in total. The molecule has 0 spiro atoms. The van der Waals surface area contributed by atoms with E-state index >= 15 is 0 Å². The lowest BCUT2D eigenvalue weighted by molar-refractivity contribution is -0.130. The highest BCUT2D eigenvalue weighted by molar-refractivity contribution is 7.92. The molecule has 3 rings (SSSR count). The number of ether oxygens (including phenoxy) is 1. The van der Waals surface area contributed by atoms with Crippen LogP contribution < -0.4 is 14.8 Å². The summed E-state index contributed by atoms with van der Waals surface area (Å²) < 4.78 is 33.3. The number of sulfonamides is 1. The van der Waals surface area contributed by atoms with E-state index < -0.39 is 10.0 Å². The van der Waals surface area contributed by atoms with Crippen LogP contribution in [0, 0.1) is 13.8 Å². The Morgan fingerprint density at radius 2 is 1.47 bits per heavy atom. The van der Waals surface area contributed by atoms with Gasteiger partial charge in [-0.15, -0.1) is 0 Å². The SMILES string of the molecule is Cc1ccc(NS(=O)(=O)c2ccc(C(=O)Nc3ccc(OCC(=O)N(C)C)cc3)cc2)cc1C. The number of hydrogen-bond acceptors (Lipinski definition) is 5. The van der Waals surface area contributed by atoms with Crippen LogP contribution in [0.1, 0.15) is 21.5 Å². The van der Waals surface area contributed by atoms with Gasteiger partial charge in [-0.25, -0.2) is 8.42 Å². The number of carbonyl (C=O) groups is 2. The second kappa shape index (κ2) is 10.4. The third kappa shape index (κ3) is 6.35. The van der Waals surface area contributed by atoms with Crippen LogP contribution in [-0.4, -0.2) is 45.8 Å². The number of aryl methyl sites for hydroxylation is 2. The molecule has 178 valence electrons. The Hall–Kier alpha value is -3.85. The van der Waals surface area contributed by atoms with Gasteiger partial charge in [0.1, 0.15) is 5.75 Å². The molecular formula is C25H27N3O5S. The number of nitrogens with one attached hydrogen (secondary N) is 2. The van der Waals surface area contributed by atoms with E-state index in [1.54, 1.807) is 50.5 Å². The summed E-state index contributed by atoms with van der Waals surface area (Å²) >= 11 is 0. The molecule has 0 aromatic heterocycles. The van der Waals surface area contributed by atoms with Crippen LogP contribution in [0.3, 0.4) is 0 Å². The van der Waals surface area contributed by atoms with E-state index in [2.05, 4.69) is 10.0 Å². The first-order valence-electron chi connectivity index (χ1n) is 10.5. The molecule has 0 fully saturated rings. The summed E-state index contributed by atoms with van der Waals surface area (Å²) in [5, 5.41) is 2.74. The van der Waals surface area contributed by atoms with Gasteiger partial charge in [0.25, 0.3) is 21.8 Å². The Bertz CT molecular complexity index is 1290. The number of hydrogen-bond donors (Lipinski definition) is 2. The summed E-state index contributed by atoms with van der Waals surface area (Å²) in [6.07, 6.45) is 0. The number of benzene rings is 3. The summed E-state index contributed by atoms with van der Waals surface area (Å²) in [7, 11) is -0.496. The Morgan fingerprint density at radius 3 is 2.06 bits per heavy atom. The van der Waals surface area contributed by atoms with Crippen LogP contribution >= 0.6 is 0 Å². The van der Waals surface area contributed by atoms with Gasteiger partial charge in [0, 0.05) is 31.0 Å². The summed E-state index contributed by atoms with van der Waals surface area (Å²) in [6, 6.07) is 17.6. The molecule has 0 atom stereocenters. The van der Waals surface area contributed by atoms with Gasteiger partial charge in [-0.1, -0.05) is 6.07 Å². The van der Waals surface area contributed by atoms with Crippen molar-refractivity contribution >= 4 is 33.2 Å². The van der Waals surface area contributed by atoms with Crippen molar-refractivity contribution in [3.8, 4) is 5.75 Å². The summed E-state index contributed by atoms with van der Waals surface area (Å²) in [5.41, 5.74) is 3.36. The fraction of sp³-hybridized carbons (Fsp3) is 0.200. The van der Waals surface area contributed by atoms with E-state index in [0.717, 1.165) is 11.1 Å². The van der Waals surface area contributed by atoms with E-state index in [0.29, 0.717) is 22.7 Å². The van der Waals surface area contributed by atoms with Crippen LogP contribution in [0.2, 0.25) is 0 Å². The lowest BCUT2D eigenvalue weighted by atomic mass is 10.1. The highest BCUT2D eigenvalue weighted by atomic mass is 32.2. The van der Waals surface area contributed by atoms with Gasteiger partial charge >= 0.3 is 0 Å². The van der Waals surface area contributed by atoms with Crippen molar-refractivity contribution in [2.24, 2.45) is 0 Å². The molecular weight excluding hydrogens is 454 g/mol. The fourth-order valence-corrected chi connectivity index (χ4v) is 3.97. The van der Waals surface area contributed by atoms with Gasteiger partial charge in [0.2, 0.25) is 0 Å². The van der Waals surface area contributed by atoms with E-state index in [1.807, 2.05) is 19.9 Å². The van der Waals surface area contributed by atoms with Crippen molar-refractivity contribution in [1.29, 1.82) is 0 Å². The predicted octanol–water partition coefficient (Wildman–Crippen LogP) is 3.82. The minimum absolute atomic E-state index is 0.0519. The first-order chi connectivity index (χ1) is 16.0. The van der Waals surface area contributed by atoms with Crippen molar-refractivity contribution in [2.75, 3.05) is 30.7 Å². The fourth-order valence-electron chi connectivity index (χ4n) is 2.92. The average Bonchev–Trinajstić information content (AvgIpc) is 2.80. The monoisotopic (exact) mass is 481 g/mol. The van der Waals surface area contributed by atoms with Gasteiger partial charge < -0.3 is 15.0 Å². The minimum Gasteiger partial charge on any atom is -0.484 e. The Balaban J connectivity index is 1.62. The molecule has 34 heavy (non-hydrogen) atoms. The number of rotatable bonds is 8. The maximum absolute atomic E-state index is 12.7. The highest BCUT2D eigenvalue weighted by Crippen LogP contribution is 2.20. The van der Waals surface area contributed by atoms with Gasteiger partial charge in [0.15, 0.2) is 6.61 Å². The molecule has 0 aliphatic rings. The molecule has 0 unspecified atom stereocenters. The molecule has 0 radical (unpaired) electrons.